The van der Waals surface area contributed by atoms with E-state index >= 15 is 0 Å². The van der Waals surface area contributed by atoms with Crippen molar-refractivity contribution >= 4 is 5.91 Å². The lowest BCUT2D eigenvalue weighted by molar-refractivity contribution is -0.123. The Hall–Kier alpha value is -1.40. The third-order valence-corrected chi connectivity index (χ3v) is 4.27. The minimum atomic E-state index is -0.178. The van der Waals surface area contributed by atoms with Crippen LogP contribution in [0.5, 0.6) is 0 Å². The van der Waals surface area contributed by atoms with Crippen molar-refractivity contribution < 1.29 is 4.79 Å². The summed E-state index contributed by atoms with van der Waals surface area (Å²) < 4.78 is 1.81. The number of likely N-dealkylation sites (tertiary alicyclic amines) is 1. The van der Waals surface area contributed by atoms with Gasteiger partial charge in [-0.25, -0.2) is 0 Å². The highest BCUT2D eigenvalue weighted by Gasteiger charge is 2.31. The number of aryl methyl sites for hydroxylation is 1. The summed E-state index contributed by atoms with van der Waals surface area (Å²) in [6.45, 7) is 3.83. The van der Waals surface area contributed by atoms with Gasteiger partial charge >= 0.3 is 0 Å². The van der Waals surface area contributed by atoms with Gasteiger partial charge in [-0.05, 0) is 32.4 Å². The average molecular weight is 279 g/mol. The lowest BCUT2D eigenvalue weighted by Crippen LogP contribution is -2.46. The quantitative estimate of drug-likeness (QED) is 0.816. The maximum absolute atomic E-state index is 11.3. The minimum Gasteiger partial charge on any atom is -0.369 e. The number of nitrogens with two attached hydrogens (primary N) is 2. The molecule has 2 unspecified atom stereocenters. The van der Waals surface area contributed by atoms with Crippen molar-refractivity contribution in [2.24, 2.45) is 24.4 Å². The molecule has 2 heterocycles. The molecule has 1 aliphatic heterocycles. The van der Waals surface area contributed by atoms with E-state index in [0.29, 0.717) is 0 Å². The SMILES string of the molecule is CCC(N)C(c1cnn(C)c1)N1CCC(C(N)=O)CC1. The second-order valence-corrected chi connectivity index (χ2v) is 5.68. The van der Waals surface area contributed by atoms with Crippen LogP contribution in [0.3, 0.4) is 0 Å². The van der Waals surface area contributed by atoms with Crippen molar-refractivity contribution in [2.45, 2.75) is 38.3 Å². The third kappa shape index (κ3) is 3.19. The molecule has 2 atom stereocenters. The summed E-state index contributed by atoms with van der Waals surface area (Å²) in [4.78, 5) is 13.6. The van der Waals surface area contributed by atoms with Gasteiger partial charge in [0.2, 0.25) is 5.91 Å². The van der Waals surface area contributed by atoms with E-state index in [9.17, 15) is 4.79 Å². The van der Waals surface area contributed by atoms with Crippen molar-refractivity contribution in [3.63, 3.8) is 0 Å². The number of hydrogen-bond acceptors (Lipinski definition) is 4. The molecule has 0 aliphatic carbocycles. The topological polar surface area (TPSA) is 90.2 Å². The summed E-state index contributed by atoms with van der Waals surface area (Å²) in [6, 6.07) is 0.242. The molecule has 2 rings (SSSR count). The van der Waals surface area contributed by atoms with Crippen molar-refractivity contribution in [1.82, 2.24) is 14.7 Å². The molecule has 4 N–H and O–H groups in total. The highest BCUT2D eigenvalue weighted by Crippen LogP contribution is 2.29. The molecule has 0 bridgehead atoms. The molecule has 20 heavy (non-hydrogen) atoms. The third-order valence-electron chi connectivity index (χ3n) is 4.27. The summed E-state index contributed by atoms with van der Waals surface area (Å²) in [6.07, 6.45) is 6.47. The monoisotopic (exact) mass is 279 g/mol. The summed E-state index contributed by atoms with van der Waals surface area (Å²) in [5.41, 5.74) is 12.9. The molecule has 112 valence electrons. The first-order valence-electron chi connectivity index (χ1n) is 7.30. The van der Waals surface area contributed by atoms with Crippen LogP contribution in [0.1, 0.15) is 37.8 Å². The number of amides is 1. The van der Waals surface area contributed by atoms with Crippen LogP contribution in [0.25, 0.3) is 0 Å². The number of aromatic nitrogens is 2. The molecular formula is C14H25N5O. The van der Waals surface area contributed by atoms with Crippen molar-refractivity contribution in [3.8, 4) is 0 Å². The van der Waals surface area contributed by atoms with Crippen LogP contribution in [-0.4, -0.2) is 39.7 Å². The van der Waals surface area contributed by atoms with E-state index in [0.717, 1.165) is 37.9 Å². The molecular weight excluding hydrogens is 254 g/mol. The Morgan fingerprint density at radius 2 is 2.15 bits per heavy atom. The number of hydrogen-bond donors (Lipinski definition) is 2. The maximum atomic E-state index is 11.3. The summed E-state index contributed by atoms with van der Waals surface area (Å²) in [7, 11) is 1.91. The first-order valence-corrected chi connectivity index (χ1v) is 7.30. The largest absolute Gasteiger partial charge is 0.369 e. The molecule has 0 radical (unpaired) electrons. The fourth-order valence-corrected chi connectivity index (χ4v) is 3.01. The molecule has 1 saturated heterocycles. The normalized spacial score (nSPS) is 20.8. The number of carbonyl (C=O) groups is 1. The van der Waals surface area contributed by atoms with Crippen molar-refractivity contribution in [1.29, 1.82) is 0 Å². The molecule has 0 spiro atoms. The van der Waals surface area contributed by atoms with Crippen LogP contribution in [0.4, 0.5) is 0 Å². The van der Waals surface area contributed by atoms with Crippen LogP contribution >= 0.6 is 0 Å². The predicted molar refractivity (Wildman–Crippen MR) is 77.7 cm³/mol. The number of rotatable bonds is 5. The second-order valence-electron chi connectivity index (χ2n) is 5.68. The van der Waals surface area contributed by atoms with Gasteiger partial charge in [-0.15, -0.1) is 0 Å². The van der Waals surface area contributed by atoms with Gasteiger partial charge in [-0.1, -0.05) is 6.92 Å². The van der Waals surface area contributed by atoms with Gasteiger partial charge in [0.15, 0.2) is 0 Å². The Balaban J connectivity index is 2.11. The smallest absolute Gasteiger partial charge is 0.220 e. The molecule has 0 saturated carbocycles. The molecule has 6 nitrogen and oxygen atoms in total. The molecule has 1 aromatic heterocycles. The Morgan fingerprint density at radius 1 is 1.50 bits per heavy atom. The molecule has 1 amide bonds. The highest BCUT2D eigenvalue weighted by molar-refractivity contribution is 5.76. The number of nitrogens with zero attached hydrogens (tertiary/aromatic N) is 3. The van der Waals surface area contributed by atoms with Crippen LogP contribution in [0, 0.1) is 5.92 Å². The van der Waals surface area contributed by atoms with E-state index in [1.807, 2.05) is 19.4 Å². The van der Waals surface area contributed by atoms with Gasteiger partial charge in [0.25, 0.3) is 0 Å². The van der Waals surface area contributed by atoms with E-state index in [1.165, 1.54) is 0 Å². The summed E-state index contributed by atoms with van der Waals surface area (Å²) in [5.74, 6) is -0.166. The molecule has 1 fully saturated rings. The van der Waals surface area contributed by atoms with E-state index in [1.54, 1.807) is 4.68 Å². The molecule has 6 heteroatoms. The van der Waals surface area contributed by atoms with Gasteiger partial charge in [-0.3, -0.25) is 14.4 Å². The number of carbonyl (C=O) groups excluding carboxylic acids is 1. The number of piperidine rings is 1. The summed E-state index contributed by atoms with van der Waals surface area (Å²) >= 11 is 0. The van der Waals surface area contributed by atoms with Crippen LogP contribution in [0.2, 0.25) is 0 Å². The molecule has 1 aliphatic rings. The average Bonchev–Trinajstić information content (AvgIpc) is 2.85. The zero-order chi connectivity index (χ0) is 14.7. The number of primary amides is 1. The molecule has 0 aromatic carbocycles. The highest BCUT2D eigenvalue weighted by atomic mass is 16.1. The Labute approximate surface area is 120 Å². The molecule has 1 aromatic rings. The Bertz CT molecular complexity index is 450. The fourth-order valence-electron chi connectivity index (χ4n) is 3.01. The van der Waals surface area contributed by atoms with Crippen molar-refractivity contribution in [2.75, 3.05) is 13.1 Å². The van der Waals surface area contributed by atoms with E-state index in [4.69, 9.17) is 11.5 Å². The fraction of sp³-hybridized carbons (Fsp3) is 0.714. The zero-order valence-corrected chi connectivity index (χ0v) is 12.3. The first-order chi connectivity index (χ1) is 9.52. The second kappa shape index (κ2) is 6.37. The van der Waals surface area contributed by atoms with Gasteiger partial charge in [0.1, 0.15) is 0 Å². The van der Waals surface area contributed by atoms with Gasteiger partial charge < -0.3 is 11.5 Å². The lowest BCUT2D eigenvalue weighted by atomic mass is 9.91. The Kier molecular flexibility index (Phi) is 4.77. The first kappa shape index (κ1) is 15.0. The standard InChI is InChI=1S/C14H25N5O/c1-3-12(15)13(11-8-17-18(2)9-11)19-6-4-10(5-7-19)14(16)20/h8-10,12-13H,3-7,15H2,1-2H3,(H2,16,20). The van der Waals surface area contributed by atoms with E-state index in [-0.39, 0.29) is 23.9 Å². The van der Waals surface area contributed by atoms with Gasteiger partial charge in [-0.2, -0.15) is 5.10 Å². The van der Waals surface area contributed by atoms with E-state index in [2.05, 4.69) is 16.9 Å². The maximum Gasteiger partial charge on any atom is 0.220 e. The Morgan fingerprint density at radius 3 is 2.60 bits per heavy atom. The minimum absolute atomic E-state index is 0.0126. The van der Waals surface area contributed by atoms with Crippen LogP contribution in [0.15, 0.2) is 12.4 Å². The van der Waals surface area contributed by atoms with Crippen LogP contribution < -0.4 is 11.5 Å². The van der Waals surface area contributed by atoms with Crippen LogP contribution in [-0.2, 0) is 11.8 Å². The predicted octanol–water partition coefficient (Wildman–Crippen LogP) is 0.396. The zero-order valence-electron chi connectivity index (χ0n) is 12.3. The van der Waals surface area contributed by atoms with Gasteiger partial charge in [0, 0.05) is 30.8 Å². The lowest BCUT2D eigenvalue weighted by Gasteiger charge is -2.39. The van der Waals surface area contributed by atoms with Gasteiger partial charge in [0.05, 0.1) is 12.2 Å². The van der Waals surface area contributed by atoms with E-state index < -0.39 is 0 Å². The summed E-state index contributed by atoms with van der Waals surface area (Å²) in [5, 5.41) is 4.25. The van der Waals surface area contributed by atoms with Crippen molar-refractivity contribution in [3.05, 3.63) is 18.0 Å².